The van der Waals surface area contributed by atoms with Crippen molar-refractivity contribution in [1.29, 1.82) is 0 Å². The summed E-state index contributed by atoms with van der Waals surface area (Å²) < 4.78 is 19.1. The van der Waals surface area contributed by atoms with E-state index in [9.17, 15) is 19.3 Å². The fourth-order valence-corrected chi connectivity index (χ4v) is 1.86. The highest BCUT2D eigenvalue weighted by Gasteiger charge is 2.14. The summed E-state index contributed by atoms with van der Waals surface area (Å²) in [5, 5.41) is 13.1. The van der Waals surface area contributed by atoms with Gasteiger partial charge in [0.15, 0.2) is 0 Å². The summed E-state index contributed by atoms with van der Waals surface area (Å²) in [6.45, 7) is 2.48. The maximum absolute atomic E-state index is 13.7. The number of ether oxygens (including phenoxy) is 1. The number of nitro groups is 1. The molecule has 0 aliphatic carbocycles. The van der Waals surface area contributed by atoms with Gasteiger partial charge in [-0.15, -0.1) is 0 Å². The summed E-state index contributed by atoms with van der Waals surface area (Å²) in [5.74, 6) is -0.798. The molecule has 0 unspecified atom stereocenters. The van der Waals surface area contributed by atoms with Gasteiger partial charge in [0.2, 0.25) is 0 Å². The Morgan fingerprint density at radius 3 is 2.78 bits per heavy atom. The molecular formula is C16H15FN2O4. The van der Waals surface area contributed by atoms with Gasteiger partial charge >= 0.3 is 0 Å². The number of hydrogen-bond donors (Lipinski definition) is 1. The number of nitro benzene ring substituents is 1. The number of anilines is 1. The first-order chi connectivity index (χ1) is 11.0. The lowest BCUT2D eigenvalue weighted by Gasteiger charge is -2.08. The van der Waals surface area contributed by atoms with Crippen LogP contribution in [0.3, 0.4) is 0 Å². The van der Waals surface area contributed by atoms with Crippen molar-refractivity contribution in [2.24, 2.45) is 0 Å². The third kappa shape index (κ3) is 4.26. The monoisotopic (exact) mass is 318 g/mol. The molecular weight excluding hydrogens is 303 g/mol. The second kappa shape index (κ2) is 7.35. The molecule has 0 heterocycles. The van der Waals surface area contributed by atoms with E-state index in [2.05, 4.69) is 5.32 Å². The minimum Gasteiger partial charge on any atom is -0.494 e. The van der Waals surface area contributed by atoms with Crippen LogP contribution in [0.1, 0.15) is 23.7 Å². The molecule has 2 aromatic carbocycles. The van der Waals surface area contributed by atoms with Gasteiger partial charge in [-0.2, -0.15) is 0 Å². The molecule has 0 fully saturated rings. The normalized spacial score (nSPS) is 10.2. The Kier molecular flexibility index (Phi) is 5.24. The molecule has 6 nitrogen and oxygen atoms in total. The molecule has 0 atom stereocenters. The molecule has 0 radical (unpaired) electrons. The van der Waals surface area contributed by atoms with Crippen molar-refractivity contribution in [2.45, 2.75) is 13.3 Å². The highest BCUT2D eigenvalue weighted by molar-refractivity contribution is 6.04. The Morgan fingerprint density at radius 2 is 2.09 bits per heavy atom. The molecule has 0 aliphatic rings. The van der Waals surface area contributed by atoms with E-state index < -0.39 is 16.6 Å². The average Bonchev–Trinajstić information content (AvgIpc) is 2.55. The van der Waals surface area contributed by atoms with E-state index in [-0.39, 0.29) is 16.9 Å². The summed E-state index contributed by atoms with van der Waals surface area (Å²) in [6.07, 6.45) is 0.829. The van der Waals surface area contributed by atoms with E-state index in [0.29, 0.717) is 12.4 Å². The number of rotatable bonds is 6. The molecule has 0 saturated heterocycles. The van der Waals surface area contributed by atoms with E-state index >= 15 is 0 Å². The number of hydrogen-bond acceptors (Lipinski definition) is 4. The van der Waals surface area contributed by atoms with E-state index in [1.54, 1.807) is 18.2 Å². The van der Waals surface area contributed by atoms with Crippen LogP contribution in [0.5, 0.6) is 5.75 Å². The number of amides is 1. The predicted molar refractivity (Wildman–Crippen MR) is 83.2 cm³/mol. The molecule has 0 bridgehead atoms. The van der Waals surface area contributed by atoms with E-state index in [4.69, 9.17) is 4.74 Å². The number of halogens is 1. The van der Waals surface area contributed by atoms with Gasteiger partial charge in [0.1, 0.15) is 11.6 Å². The summed E-state index contributed by atoms with van der Waals surface area (Å²) in [6, 6.07) is 9.37. The largest absolute Gasteiger partial charge is 0.494 e. The maximum atomic E-state index is 13.7. The molecule has 0 aliphatic heterocycles. The lowest BCUT2D eigenvalue weighted by molar-refractivity contribution is -0.384. The number of nitrogens with zero attached hydrogens (tertiary/aromatic N) is 1. The Labute approximate surface area is 132 Å². The van der Waals surface area contributed by atoms with Gasteiger partial charge in [-0.25, -0.2) is 4.39 Å². The van der Waals surface area contributed by atoms with Crippen molar-refractivity contribution in [3.05, 3.63) is 64.0 Å². The smallest absolute Gasteiger partial charge is 0.271 e. The van der Waals surface area contributed by atoms with E-state index in [1.165, 1.54) is 6.07 Å². The second-order valence-corrected chi connectivity index (χ2v) is 4.75. The molecule has 1 amide bonds. The van der Waals surface area contributed by atoms with Gasteiger partial charge in [0.05, 0.1) is 17.2 Å². The van der Waals surface area contributed by atoms with E-state index in [1.807, 2.05) is 6.92 Å². The SMILES string of the molecule is CCCOc1cccc(C(=O)Nc2cc([N+](=O)[O-])ccc2F)c1. The zero-order valence-corrected chi connectivity index (χ0v) is 12.4. The number of nitrogens with one attached hydrogen (secondary N) is 1. The zero-order valence-electron chi connectivity index (χ0n) is 12.4. The fraction of sp³-hybridized carbons (Fsp3) is 0.188. The summed E-state index contributed by atoms with van der Waals surface area (Å²) >= 11 is 0. The van der Waals surface area contributed by atoms with Crippen molar-refractivity contribution in [2.75, 3.05) is 11.9 Å². The van der Waals surface area contributed by atoms with Crippen LogP contribution in [0.15, 0.2) is 42.5 Å². The van der Waals surface area contributed by atoms with Gasteiger partial charge < -0.3 is 10.1 Å². The summed E-state index contributed by atoms with van der Waals surface area (Å²) in [4.78, 5) is 22.2. The minimum atomic E-state index is -0.748. The van der Waals surface area contributed by atoms with Crippen LogP contribution in [-0.4, -0.2) is 17.4 Å². The molecule has 2 aromatic rings. The molecule has 120 valence electrons. The van der Waals surface area contributed by atoms with Crippen LogP contribution in [0.2, 0.25) is 0 Å². The Hall–Kier alpha value is -2.96. The number of carbonyl (C=O) groups is 1. The van der Waals surface area contributed by atoms with Gasteiger partial charge in [-0.1, -0.05) is 13.0 Å². The Balaban J connectivity index is 2.19. The Bertz CT molecular complexity index is 734. The van der Waals surface area contributed by atoms with Gasteiger partial charge in [0, 0.05) is 17.7 Å². The standard InChI is InChI=1S/C16H15FN2O4/c1-2-8-23-13-5-3-4-11(9-13)16(20)18-15-10-12(19(21)22)6-7-14(15)17/h3-7,9-10H,2,8H2,1H3,(H,18,20). The van der Waals surface area contributed by atoms with Crippen molar-refractivity contribution in [1.82, 2.24) is 0 Å². The second-order valence-electron chi connectivity index (χ2n) is 4.75. The van der Waals surface area contributed by atoms with Gasteiger partial charge in [-0.05, 0) is 30.7 Å². The van der Waals surface area contributed by atoms with Crippen LogP contribution < -0.4 is 10.1 Å². The Morgan fingerprint density at radius 1 is 1.30 bits per heavy atom. The van der Waals surface area contributed by atoms with Gasteiger partial charge in [0.25, 0.3) is 11.6 Å². The molecule has 23 heavy (non-hydrogen) atoms. The highest BCUT2D eigenvalue weighted by Crippen LogP contribution is 2.22. The summed E-state index contributed by atoms with van der Waals surface area (Å²) in [7, 11) is 0. The fourth-order valence-electron chi connectivity index (χ4n) is 1.86. The van der Waals surface area contributed by atoms with Crippen LogP contribution >= 0.6 is 0 Å². The first-order valence-corrected chi connectivity index (χ1v) is 6.99. The third-order valence-corrected chi connectivity index (χ3v) is 2.98. The molecule has 2 rings (SSSR count). The van der Waals surface area contributed by atoms with Crippen LogP contribution in [0.25, 0.3) is 0 Å². The van der Waals surface area contributed by atoms with E-state index in [0.717, 1.165) is 24.6 Å². The number of benzene rings is 2. The first-order valence-electron chi connectivity index (χ1n) is 6.99. The van der Waals surface area contributed by atoms with Crippen molar-refractivity contribution in [3.63, 3.8) is 0 Å². The van der Waals surface area contributed by atoms with Crippen LogP contribution in [-0.2, 0) is 0 Å². The van der Waals surface area contributed by atoms with Crippen molar-refractivity contribution in [3.8, 4) is 5.75 Å². The highest BCUT2D eigenvalue weighted by atomic mass is 19.1. The minimum absolute atomic E-state index is 0.246. The zero-order chi connectivity index (χ0) is 16.8. The topological polar surface area (TPSA) is 81.5 Å². The molecule has 1 N–H and O–H groups in total. The van der Waals surface area contributed by atoms with Gasteiger partial charge in [-0.3, -0.25) is 14.9 Å². The van der Waals surface area contributed by atoms with Crippen molar-refractivity contribution < 1.29 is 18.8 Å². The first kappa shape index (κ1) is 16.4. The molecule has 0 spiro atoms. The maximum Gasteiger partial charge on any atom is 0.271 e. The quantitative estimate of drug-likeness (QED) is 0.649. The molecule has 7 heteroatoms. The lowest BCUT2D eigenvalue weighted by atomic mass is 10.2. The number of non-ortho nitro benzene ring substituents is 1. The van der Waals surface area contributed by atoms with Crippen LogP contribution in [0.4, 0.5) is 15.8 Å². The average molecular weight is 318 g/mol. The third-order valence-electron chi connectivity index (χ3n) is 2.98. The van der Waals surface area contributed by atoms with Crippen molar-refractivity contribution >= 4 is 17.3 Å². The molecule has 0 saturated carbocycles. The summed E-state index contributed by atoms with van der Waals surface area (Å²) in [5.41, 5.74) is -0.282. The van der Waals surface area contributed by atoms with Crippen LogP contribution in [0, 0.1) is 15.9 Å². The lowest BCUT2D eigenvalue weighted by Crippen LogP contribution is -2.13. The molecule has 0 aromatic heterocycles. The predicted octanol–water partition coefficient (Wildman–Crippen LogP) is 3.78. The number of carbonyl (C=O) groups excluding carboxylic acids is 1.